The van der Waals surface area contributed by atoms with Crippen molar-refractivity contribution >= 4 is 11.9 Å². The summed E-state index contributed by atoms with van der Waals surface area (Å²) in [4.78, 5) is 28.5. The molecule has 0 bridgehead atoms. The van der Waals surface area contributed by atoms with Gasteiger partial charge < -0.3 is 15.1 Å². The minimum atomic E-state index is -0.0411. The zero-order valence-corrected chi connectivity index (χ0v) is 15.2. The van der Waals surface area contributed by atoms with Crippen LogP contribution < -0.4 is 5.32 Å². The Bertz CT molecular complexity index is 566. The molecular formula is C19H29N3O2. The van der Waals surface area contributed by atoms with Gasteiger partial charge >= 0.3 is 6.03 Å². The van der Waals surface area contributed by atoms with Gasteiger partial charge in [0.2, 0.25) is 0 Å². The van der Waals surface area contributed by atoms with Crippen LogP contribution in [0.4, 0.5) is 4.79 Å². The molecule has 132 valence electrons. The molecule has 0 aromatic heterocycles. The molecule has 1 aromatic carbocycles. The van der Waals surface area contributed by atoms with Crippen molar-refractivity contribution in [1.82, 2.24) is 15.1 Å². The highest BCUT2D eigenvalue weighted by molar-refractivity contribution is 5.94. The summed E-state index contributed by atoms with van der Waals surface area (Å²) in [6.07, 6.45) is 0.807. The number of hydrogen-bond donors (Lipinski definition) is 1. The summed E-state index contributed by atoms with van der Waals surface area (Å²) in [5.74, 6) is 0.511. The lowest BCUT2D eigenvalue weighted by atomic mass is 10.0. The van der Waals surface area contributed by atoms with Crippen LogP contribution >= 0.6 is 0 Å². The fourth-order valence-corrected chi connectivity index (χ4v) is 2.86. The van der Waals surface area contributed by atoms with Gasteiger partial charge in [-0.2, -0.15) is 0 Å². The summed E-state index contributed by atoms with van der Waals surface area (Å²) in [6, 6.07) is 7.95. The van der Waals surface area contributed by atoms with Crippen molar-refractivity contribution in [3.05, 3.63) is 35.4 Å². The highest BCUT2D eigenvalue weighted by Crippen LogP contribution is 2.16. The van der Waals surface area contributed by atoms with Crippen molar-refractivity contribution in [3.63, 3.8) is 0 Å². The van der Waals surface area contributed by atoms with E-state index >= 15 is 0 Å². The number of carbonyl (C=O) groups excluding carboxylic acids is 2. The number of nitrogens with zero attached hydrogens (tertiary/aromatic N) is 2. The quantitative estimate of drug-likeness (QED) is 0.925. The van der Waals surface area contributed by atoms with Crippen LogP contribution in [0.3, 0.4) is 0 Å². The highest BCUT2D eigenvalue weighted by atomic mass is 16.2. The van der Waals surface area contributed by atoms with E-state index in [0.717, 1.165) is 12.0 Å². The number of urea groups is 1. The third-order valence-electron chi connectivity index (χ3n) is 4.31. The van der Waals surface area contributed by atoms with Crippen LogP contribution in [0.15, 0.2) is 24.3 Å². The maximum absolute atomic E-state index is 12.7. The Morgan fingerprint density at radius 1 is 0.917 bits per heavy atom. The Labute approximate surface area is 145 Å². The average Bonchev–Trinajstić information content (AvgIpc) is 2.79. The number of benzene rings is 1. The van der Waals surface area contributed by atoms with E-state index < -0.39 is 0 Å². The molecule has 2 rings (SSSR count). The highest BCUT2D eigenvalue weighted by Gasteiger charge is 2.23. The Kier molecular flexibility index (Phi) is 6.23. The summed E-state index contributed by atoms with van der Waals surface area (Å²) < 4.78 is 0. The molecule has 0 spiro atoms. The fraction of sp³-hybridized carbons (Fsp3) is 0.579. The Hall–Kier alpha value is -2.04. The predicted molar refractivity (Wildman–Crippen MR) is 96.3 cm³/mol. The number of rotatable bonds is 3. The number of hydrogen-bond acceptors (Lipinski definition) is 2. The zero-order chi connectivity index (χ0) is 17.7. The minimum Gasteiger partial charge on any atom is -0.337 e. The Morgan fingerprint density at radius 2 is 1.50 bits per heavy atom. The van der Waals surface area contributed by atoms with E-state index in [1.54, 1.807) is 4.90 Å². The lowest BCUT2D eigenvalue weighted by molar-refractivity contribution is 0.0762. The first-order valence-corrected chi connectivity index (χ1v) is 8.83. The van der Waals surface area contributed by atoms with E-state index in [-0.39, 0.29) is 18.0 Å². The molecule has 24 heavy (non-hydrogen) atoms. The summed E-state index contributed by atoms with van der Waals surface area (Å²) in [5.41, 5.74) is 1.96. The summed E-state index contributed by atoms with van der Waals surface area (Å²) in [7, 11) is 0. The fourth-order valence-electron chi connectivity index (χ4n) is 2.86. The largest absolute Gasteiger partial charge is 0.337 e. The van der Waals surface area contributed by atoms with E-state index in [1.165, 1.54) is 5.56 Å². The van der Waals surface area contributed by atoms with E-state index in [0.29, 0.717) is 32.1 Å². The number of amides is 3. The SMILES string of the molecule is CC(C)NC(=O)N1CCCN(C(=O)c2ccc(C(C)C)cc2)CC1. The van der Waals surface area contributed by atoms with Crippen molar-refractivity contribution in [2.75, 3.05) is 26.2 Å². The minimum absolute atomic E-state index is 0.0411. The first-order chi connectivity index (χ1) is 11.4. The second-order valence-corrected chi connectivity index (χ2v) is 7.01. The van der Waals surface area contributed by atoms with Crippen molar-refractivity contribution in [3.8, 4) is 0 Å². The van der Waals surface area contributed by atoms with Gasteiger partial charge in [0, 0.05) is 37.8 Å². The van der Waals surface area contributed by atoms with Gasteiger partial charge in [-0.15, -0.1) is 0 Å². The molecule has 1 aliphatic heterocycles. The molecule has 5 heteroatoms. The van der Waals surface area contributed by atoms with Crippen LogP contribution in [-0.2, 0) is 0 Å². The maximum atomic E-state index is 12.7. The Morgan fingerprint density at radius 3 is 2.08 bits per heavy atom. The Balaban J connectivity index is 1.97. The molecule has 0 saturated carbocycles. The van der Waals surface area contributed by atoms with Gasteiger partial charge in [0.15, 0.2) is 0 Å². The molecule has 1 N–H and O–H groups in total. The smallest absolute Gasteiger partial charge is 0.317 e. The molecule has 0 aliphatic carbocycles. The first-order valence-electron chi connectivity index (χ1n) is 8.83. The topological polar surface area (TPSA) is 52.7 Å². The standard InChI is InChI=1S/C19H29N3O2/c1-14(2)16-6-8-17(9-7-16)18(23)21-10-5-11-22(13-12-21)19(24)20-15(3)4/h6-9,14-15H,5,10-13H2,1-4H3,(H,20,24). The van der Waals surface area contributed by atoms with E-state index in [2.05, 4.69) is 19.2 Å². The second-order valence-electron chi connectivity index (χ2n) is 7.01. The molecule has 0 atom stereocenters. The van der Waals surface area contributed by atoms with Gasteiger partial charge in [-0.25, -0.2) is 4.79 Å². The van der Waals surface area contributed by atoms with Crippen molar-refractivity contribution in [2.24, 2.45) is 0 Å². The predicted octanol–water partition coefficient (Wildman–Crippen LogP) is 3.08. The van der Waals surface area contributed by atoms with Gasteiger partial charge in [0.1, 0.15) is 0 Å². The molecule has 1 aliphatic rings. The summed E-state index contributed by atoms with van der Waals surface area (Å²) in [6.45, 7) is 10.7. The first kappa shape index (κ1) is 18.3. The monoisotopic (exact) mass is 331 g/mol. The molecule has 0 radical (unpaired) electrons. The molecule has 1 saturated heterocycles. The third kappa shape index (κ3) is 4.73. The van der Waals surface area contributed by atoms with Crippen molar-refractivity contribution < 1.29 is 9.59 Å². The van der Waals surface area contributed by atoms with Crippen LogP contribution in [0.2, 0.25) is 0 Å². The number of nitrogens with one attached hydrogen (secondary N) is 1. The third-order valence-corrected chi connectivity index (χ3v) is 4.31. The molecule has 3 amide bonds. The summed E-state index contributed by atoms with van der Waals surface area (Å²) >= 11 is 0. The van der Waals surface area contributed by atoms with Gasteiger partial charge in [0.05, 0.1) is 0 Å². The molecular weight excluding hydrogens is 302 g/mol. The van der Waals surface area contributed by atoms with Crippen LogP contribution in [0.1, 0.15) is 56.0 Å². The average molecular weight is 331 g/mol. The van der Waals surface area contributed by atoms with Crippen molar-refractivity contribution in [1.29, 1.82) is 0 Å². The zero-order valence-electron chi connectivity index (χ0n) is 15.2. The van der Waals surface area contributed by atoms with E-state index in [1.807, 2.05) is 43.0 Å². The molecule has 1 aromatic rings. The van der Waals surface area contributed by atoms with Crippen LogP contribution in [0.5, 0.6) is 0 Å². The lowest BCUT2D eigenvalue weighted by Gasteiger charge is -2.23. The van der Waals surface area contributed by atoms with Gasteiger partial charge in [-0.1, -0.05) is 26.0 Å². The normalized spacial score (nSPS) is 15.6. The molecule has 1 fully saturated rings. The van der Waals surface area contributed by atoms with Gasteiger partial charge in [0.25, 0.3) is 5.91 Å². The van der Waals surface area contributed by atoms with Gasteiger partial charge in [-0.05, 0) is 43.9 Å². The lowest BCUT2D eigenvalue weighted by Crippen LogP contribution is -2.44. The van der Waals surface area contributed by atoms with E-state index in [9.17, 15) is 9.59 Å². The van der Waals surface area contributed by atoms with Crippen molar-refractivity contribution in [2.45, 2.75) is 46.1 Å². The molecule has 1 heterocycles. The maximum Gasteiger partial charge on any atom is 0.317 e. The van der Waals surface area contributed by atoms with E-state index in [4.69, 9.17) is 0 Å². The van der Waals surface area contributed by atoms with Crippen LogP contribution in [0, 0.1) is 0 Å². The molecule has 5 nitrogen and oxygen atoms in total. The van der Waals surface area contributed by atoms with Gasteiger partial charge in [-0.3, -0.25) is 4.79 Å². The second kappa shape index (κ2) is 8.18. The number of carbonyl (C=O) groups is 2. The summed E-state index contributed by atoms with van der Waals surface area (Å²) in [5, 5.41) is 2.92. The van der Waals surface area contributed by atoms with Crippen LogP contribution in [0.25, 0.3) is 0 Å². The molecule has 0 unspecified atom stereocenters. The van der Waals surface area contributed by atoms with Crippen LogP contribution in [-0.4, -0.2) is 54.0 Å².